The van der Waals surface area contributed by atoms with Crippen molar-refractivity contribution in [2.45, 2.75) is 36.4 Å². The molecule has 0 radical (unpaired) electrons. The van der Waals surface area contributed by atoms with E-state index in [9.17, 15) is 9.18 Å². The number of likely N-dealkylation sites (N-methyl/N-ethyl adjacent to an activating group) is 1. The van der Waals surface area contributed by atoms with Crippen LogP contribution in [0.3, 0.4) is 0 Å². The molecular formula is C21H26FN3O. The van der Waals surface area contributed by atoms with E-state index in [1.165, 1.54) is 25.0 Å². The molecule has 1 aliphatic heterocycles. The Morgan fingerprint density at radius 1 is 1.27 bits per heavy atom. The highest BCUT2D eigenvalue weighted by atomic mass is 19.1. The molecule has 2 fully saturated rings. The Hall–Kier alpha value is -2.24. The van der Waals surface area contributed by atoms with Crippen LogP contribution in [0.15, 0.2) is 60.7 Å². The summed E-state index contributed by atoms with van der Waals surface area (Å²) in [6.45, 7) is 8.25. The monoisotopic (exact) mass is 355 g/mol. The Morgan fingerprint density at radius 2 is 1.88 bits per heavy atom. The average Bonchev–Trinajstić information content (AvgIpc) is 3.46. The summed E-state index contributed by atoms with van der Waals surface area (Å²) in [6, 6.07) is 6.00. The van der Waals surface area contributed by atoms with E-state index in [4.69, 9.17) is 5.73 Å². The van der Waals surface area contributed by atoms with Crippen molar-refractivity contribution < 1.29 is 9.18 Å². The Kier molecular flexibility index (Phi) is 4.86. The van der Waals surface area contributed by atoms with Crippen molar-refractivity contribution in [3.63, 3.8) is 0 Å². The number of hydrogen-bond acceptors (Lipinski definition) is 3. The van der Waals surface area contributed by atoms with Gasteiger partial charge in [0.05, 0.1) is 6.04 Å². The molecule has 1 aromatic carbocycles. The summed E-state index contributed by atoms with van der Waals surface area (Å²) in [5, 5.41) is 3.20. The lowest BCUT2D eigenvalue weighted by atomic mass is 9.88. The van der Waals surface area contributed by atoms with Crippen molar-refractivity contribution in [2.75, 3.05) is 13.6 Å². The number of benzene rings is 1. The van der Waals surface area contributed by atoms with Gasteiger partial charge in [-0.2, -0.15) is 0 Å². The third kappa shape index (κ3) is 3.13. The first-order chi connectivity index (χ1) is 12.4. The third-order valence-electron chi connectivity index (χ3n) is 5.84. The van der Waals surface area contributed by atoms with Gasteiger partial charge < -0.3 is 16.0 Å². The van der Waals surface area contributed by atoms with E-state index >= 15 is 0 Å². The van der Waals surface area contributed by atoms with Crippen LogP contribution in [0.5, 0.6) is 0 Å². The average molecular weight is 355 g/mol. The minimum Gasteiger partial charge on any atom is -0.334 e. The molecule has 26 heavy (non-hydrogen) atoms. The van der Waals surface area contributed by atoms with Gasteiger partial charge in [-0.25, -0.2) is 4.39 Å². The number of rotatable bonds is 5. The molecule has 4 nitrogen and oxygen atoms in total. The van der Waals surface area contributed by atoms with Gasteiger partial charge in [-0.3, -0.25) is 4.79 Å². The van der Waals surface area contributed by atoms with Crippen molar-refractivity contribution in [1.82, 2.24) is 10.2 Å². The summed E-state index contributed by atoms with van der Waals surface area (Å²) >= 11 is 0. The number of fused-ring (bicyclic) bond motifs is 1. The molecule has 5 heteroatoms. The predicted molar refractivity (Wildman–Crippen MR) is 102 cm³/mol. The van der Waals surface area contributed by atoms with E-state index in [1.807, 2.05) is 7.05 Å². The number of nitrogens with two attached hydrogens (primary N) is 1. The Morgan fingerprint density at radius 3 is 2.27 bits per heavy atom. The lowest BCUT2D eigenvalue weighted by Gasteiger charge is -2.35. The molecule has 1 amide bonds. The molecular weight excluding hydrogens is 329 g/mol. The van der Waals surface area contributed by atoms with Gasteiger partial charge in [-0.1, -0.05) is 37.4 Å². The highest BCUT2D eigenvalue weighted by Gasteiger charge is 2.80. The molecule has 2 saturated carbocycles. The number of allylic oxidation sites excluding steroid dienone is 1. The van der Waals surface area contributed by atoms with Crippen molar-refractivity contribution in [2.24, 2.45) is 5.73 Å². The minimum atomic E-state index is -0.287. The van der Waals surface area contributed by atoms with Gasteiger partial charge in [0.1, 0.15) is 5.82 Å². The summed E-state index contributed by atoms with van der Waals surface area (Å²) in [4.78, 5) is 12.9. The van der Waals surface area contributed by atoms with Crippen LogP contribution in [0.4, 0.5) is 4.39 Å². The molecule has 138 valence electrons. The van der Waals surface area contributed by atoms with Gasteiger partial charge >= 0.3 is 0 Å². The van der Waals surface area contributed by atoms with E-state index in [-0.39, 0.29) is 17.4 Å². The molecule has 0 aromatic heterocycles. The molecule has 0 unspecified atom stereocenters. The number of hydrogen-bond donors (Lipinski definition) is 2. The first kappa shape index (κ1) is 18.5. The fourth-order valence-electron chi connectivity index (χ4n) is 3.83. The molecule has 3 N–H and O–H groups in total. The van der Waals surface area contributed by atoms with Crippen LogP contribution in [0.25, 0.3) is 0 Å². The van der Waals surface area contributed by atoms with Gasteiger partial charge in [0.15, 0.2) is 0 Å². The number of amides is 1. The van der Waals surface area contributed by atoms with Crippen LogP contribution >= 0.6 is 0 Å². The molecule has 0 bridgehead atoms. The van der Waals surface area contributed by atoms with Crippen molar-refractivity contribution >= 4 is 6.41 Å². The Balaban J connectivity index is 0.000000229. The second-order valence-electron chi connectivity index (χ2n) is 7.28. The molecule has 3 aliphatic rings. The second kappa shape index (κ2) is 6.82. The van der Waals surface area contributed by atoms with Crippen molar-refractivity contribution in [1.29, 1.82) is 0 Å². The highest BCUT2D eigenvalue weighted by molar-refractivity contribution is 5.55. The fraction of sp³-hybridized carbons (Fsp3) is 0.381. The molecule has 0 saturated heterocycles. The number of carbonyl (C=O) groups is 1. The van der Waals surface area contributed by atoms with Crippen LogP contribution in [0.2, 0.25) is 0 Å². The zero-order valence-corrected chi connectivity index (χ0v) is 15.2. The normalized spacial score (nSPS) is 31.3. The topological polar surface area (TPSA) is 58.4 Å². The molecule has 0 spiro atoms. The summed E-state index contributed by atoms with van der Waals surface area (Å²) in [5.41, 5.74) is 9.32. The first-order valence-electron chi connectivity index (χ1n) is 8.86. The van der Waals surface area contributed by atoms with Gasteiger partial charge in [0.2, 0.25) is 6.41 Å². The number of carbonyl (C=O) groups excluding carboxylic acids is 1. The van der Waals surface area contributed by atoms with E-state index in [0.29, 0.717) is 12.1 Å². The zero-order chi connectivity index (χ0) is 18.9. The second-order valence-corrected chi connectivity index (χ2v) is 7.28. The SMILES string of the molecule is C=CC1=C(C=C)[C@H](c2ccc(F)cc2)N(C=O)CC1.CNC12CC1(N)C2. The van der Waals surface area contributed by atoms with Crippen LogP contribution < -0.4 is 11.1 Å². The Labute approximate surface area is 154 Å². The standard InChI is InChI=1S/C16H16FNO.C5H10N2/c1-3-12-9-10-18(11-19)16(15(12)4-2)13-5-7-14(17)8-6-13;1-7-5-2-4(5,6)3-5/h3-8,11,16H,1-2,9-10H2;7H,2-3,6H2,1H3/t16-;/m0./s1. The molecule has 2 aliphatic carbocycles. The number of halogens is 1. The maximum Gasteiger partial charge on any atom is 0.210 e. The van der Waals surface area contributed by atoms with Crippen LogP contribution in [-0.4, -0.2) is 36.0 Å². The maximum atomic E-state index is 13.0. The summed E-state index contributed by atoms with van der Waals surface area (Å²) in [7, 11) is 1.99. The predicted octanol–water partition coefficient (Wildman–Crippen LogP) is 2.85. The first-order valence-corrected chi connectivity index (χ1v) is 8.86. The number of nitrogens with zero attached hydrogens (tertiary/aromatic N) is 1. The lowest BCUT2D eigenvalue weighted by molar-refractivity contribution is -0.119. The molecule has 4 rings (SSSR count). The quantitative estimate of drug-likeness (QED) is 0.799. The lowest BCUT2D eigenvalue weighted by Crippen LogP contribution is -2.33. The summed E-state index contributed by atoms with van der Waals surface area (Å²) in [6.07, 6.45) is 7.56. The minimum absolute atomic E-state index is 0.211. The van der Waals surface area contributed by atoms with Gasteiger partial charge in [-0.15, -0.1) is 0 Å². The van der Waals surface area contributed by atoms with E-state index in [2.05, 4.69) is 18.5 Å². The van der Waals surface area contributed by atoms with Crippen LogP contribution in [0.1, 0.15) is 30.9 Å². The summed E-state index contributed by atoms with van der Waals surface area (Å²) in [5.74, 6) is -0.287. The van der Waals surface area contributed by atoms with Gasteiger partial charge in [0, 0.05) is 17.6 Å². The van der Waals surface area contributed by atoms with Crippen LogP contribution in [-0.2, 0) is 4.79 Å². The van der Waals surface area contributed by atoms with Gasteiger partial charge in [0.25, 0.3) is 0 Å². The van der Waals surface area contributed by atoms with Gasteiger partial charge in [-0.05, 0) is 55.2 Å². The van der Waals surface area contributed by atoms with E-state index in [1.54, 1.807) is 29.2 Å². The largest absolute Gasteiger partial charge is 0.334 e. The maximum absolute atomic E-state index is 13.0. The smallest absolute Gasteiger partial charge is 0.210 e. The van der Waals surface area contributed by atoms with Crippen molar-refractivity contribution in [3.05, 3.63) is 72.1 Å². The third-order valence-corrected chi connectivity index (χ3v) is 5.84. The highest BCUT2D eigenvalue weighted by Crippen LogP contribution is 2.68. The molecule has 1 aromatic rings. The molecule has 1 atom stereocenters. The Bertz CT molecular complexity index is 742. The number of nitrogens with one attached hydrogen (secondary N) is 1. The zero-order valence-electron chi connectivity index (χ0n) is 15.2. The fourth-order valence-corrected chi connectivity index (χ4v) is 3.83. The van der Waals surface area contributed by atoms with E-state index in [0.717, 1.165) is 29.5 Å². The van der Waals surface area contributed by atoms with Crippen molar-refractivity contribution in [3.8, 4) is 0 Å². The van der Waals surface area contributed by atoms with Crippen LogP contribution in [0, 0.1) is 5.82 Å². The van der Waals surface area contributed by atoms with E-state index < -0.39 is 0 Å². The summed E-state index contributed by atoms with van der Waals surface area (Å²) < 4.78 is 13.0. The molecule has 1 heterocycles.